The second kappa shape index (κ2) is 5.66. The molecule has 1 aromatic heterocycles. The Labute approximate surface area is 125 Å². The summed E-state index contributed by atoms with van der Waals surface area (Å²) in [6.45, 7) is 4.02. The maximum atomic E-state index is 11.8. The van der Waals surface area contributed by atoms with Crippen molar-refractivity contribution in [1.29, 1.82) is 0 Å². The molecule has 0 saturated carbocycles. The van der Waals surface area contributed by atoms with Gasteiger partial charge in [0.2, 0.25) is 0 Å². The van der Waals surface area contributed by atoms with Crippen LogP contribution in [0.5, 0.6) is 0 Å². The molecular formula is C14H16BrN3O2. The van der Waals surface area contributed by atoms with Gasteiger partial charge in [0.25, 0.3) is 0 Å². The van der Waals surface area contributed by atoms with Gasteiger partial charge in [0.1, 0.15) is 0 Å². The van der Waals surface area contributed by atoms with Crippen LogP contribution in [0.1, 0.15) is 23.0 Å². The molecule has 0 atom stereocenters. The summed E-state index contributed by atoms with van der Waals surface area (Å²) in [7, 11) is 1.76. The van der Waals surface area contributed by atoms with E-state index in [4.69, 9.17) is 10.5 Å². The Kier molecular flexibility index (Phi) is 4.13. The van der Waals surface area contributed by atoms with Gasteiger partial charge in [-0.25, -0.2) is 4.79 Å². The molecule has 0 saturated heterocycles. The first-order chi connectivity index (χ1) is 9.45. The van der Waals surface area contributed by atoms with Gasteiger partial charge in [0.15, 0.2) is 5.69 Å². The smallest absolute Gasteiger partial charge is 0.361 e. The third-order valence-corrected chi connectivity index (χ3v) is 3.50. The van der Waals surface area contributed by atoms with E-state index in [1.165, 1.54) is 0 Å². The van der Waals surface area contributed by atoms with Gasteiger partial charge in [-0.3, -0.25) is 4.68 Å². The molecule has 2 aromatic rings. The average Bonchev–Trinajstić information content (AvgIpc) is 2.68. The molecule has 0 amide bonds. The summed E-state index contributed by atoms with van der Waals surface area (Å²) in [6.07, 6.45) is 0. The average molecular weight is 338 g/mol. The molecule has 0 spiro atoms. The summed E-state index contributed by atoms with van der Waals surface area (Å²) in [6, 6.07) is 5.89. The first-order valence-corrected chi connectivity index (χ1v) is 7.01. The van der Waals surface area contributed by atoms with Crippen LogP contribution in [0.2, 0.25) is 0 Å². The van der Waals surface area contributed by atoms with Crippen LogP contribution in [0, 0.1) is 6.92 Å². The zero-order chi connectivity index (χ0) is 14.9. The normalized spacial score (nSPS) is 10.6. The van der Waals surface area contributed by atoms with Gasteiger partial charge in [0, 0.05) is 17.1 Å². The topological polar surface area (TPSA) is 70.1 Å². The van der Waals surface area contributed by atoms with E-state index in [0.29, 0.717) is 18.0 Å². The fourth-order valence-electron chi connectivity index (χ4n) is 2.06. The van der Waals surface area contributed by atoms with Crippen molar-refractivity contribution in [3.8, 4) is 11.3 Å². The van der Waals surface area contributed by atoms with Gasteiger partial charge in [-0.05, 0) is 31.5 Å². The minimum Gasteiger partial charge on any atom is -0.461 e. The predicted molar refractivity (Wildman–Crippen MR) is 81.4 cm³/mol. The number of rotatable bonds is 3. The van der Waals surface area contributed by atoms with Crippen LogP contribution in [0.25, 0.3) is 11.3 Å². The number of nitrogens with zero attached hydrogens (tertiary/aromatic N) is 2. The van der Waals surface area contributed by atoms with Gasteiger partial charge in [-0.2, -0.15) is 5.10 Å². The van der Waals surface area contributed by atoms with E-state index in [0.717, 1.165) is 15.6 Å². The van der Waals surface area contributed by atoms with E-state index in [1.807, 2.05) is 25.1 Å². The van der Waals surface area contributed by atoms with Gasteiger partial charge >= 0.3 is 5.97 Å². The Hall–Kier alpha value is -1.82. The van der Waals surface area contributed by atoms with Crippen LogP contribution >= 0.6 is 15.9 Å². The fourth-order valence-corrected chi connectivity index (χ4v) is 2.42. The zero-order valence-electron chi connectivity index (χ0n) is 11.6. The highest BCUT2D eigenvalue weighted by molar-refractivity contribution is 9.10. The quantitative estimate of drug-likeness (QED) is 0.874. The van der Waals surface area contributed by atoms with Gasteiger partial charge < -0.3 is 10.5 Å². The van der Waals surface area contributed by atoms with Crippen LogP contribution in [0.4, 0.5) is 5.69 Å². The van der Waals surface area contributed by atoms with Crippen LogP contribution < -0.4 is 5.73 Å². The lowest BCUT2D eigenvalue weighted by Crippen LogP contribution is -2.08. The van der Waals surface area contributed by atoms with Crippen molar-refractivity contribution in [3.05, 3.63) is 33.9 Å². The maximum absolute atomic E-state index is 11.8. The molecule has 20 heavy (non-hydrogen) atoms. The zero-order valence-corrected chi connectivity index (χ0v) is 13.2. The summed E-state index contributed by atoms with van der Waals surface area (Å²) in [5, 5.41) is 4.18. The SMILES string of the molecule is CCOC(=O)c1nn(C)c(-c2cc(Br)ccc2C)c1N. The van der Waals surface area contributed by atoms with E-state index < -0.39 is 5.97 Å². The minimum atomic E-state index is -0.500. The van der Waals surface area contributed by atoms with Crippen molar-refractivity contribution >= 4 is 27.6 Å². The number of anilines is 1. The molecule has 0 bridgehead atoms. The van der Waals surface area contributed by atoms with Crippen LogP contribution in [-0.4, -0.2) is 22.4 Å². The molecule has 0 radical (unpaired) electrons. The Morgan fingerprint density at radius 1 is 1.50 bits per heavy atom. The molecular weight excluding hydrogens is 322 g/mol. The predicted octanol–water partition coefficient (Wildman–Crippen LogP) is 2.92. The number of aryl methyl sites for hydroxylation is 2. The number of esters is 1. The van der Waals surface area contributed by atoms with E-state index in [-0.39, 0.29) is 5.69 Å². The monoisotopic (exact) mass is 337 g/mol. The highest BCUT2D eigenvalue weighted by atomic mass is 79.9. The second-order valence-electron chi connectivity index (χ2n) is 4.41. The number of nitrogen functional groups attached to an aromatic ring is 1. The van der Waals surface area contributed by atoms with Crippen molar-refractivity contribution in [1.82, 2.24) is 9.78 Å². The van der Waals surface area contributed by atoms with E-state index >= 15 is 0 Å². The lowest BCUT2D eigenvalue weighted by Gasteiger charge is -2.08. The lowest BCUT2D eigenvalue weighted by molar-refractivity contribution is 0.0520. The minimum absolute atomic E-state index is 0.156. The second-order valence-corrected chi connectivity index (χ2v) is 5.33. The van der Waals surface area contributed by atoms with Crippen LogP contribution in [-0.2, 0) is 11.8 Å². The number of hydrogen-bond acceptors (Lipinski definition) is 4. The molecule has 2 N–H and O–H groups in total. The number of hydrogen-bond donors (Lipinski definition) is 1. The van der Waals surface area contributed by atoms with Gasteiger partial charge in [0.05, 0.1) is 18.0 Å². The molecule has 0 unspecified atom stereocenters. The van der Waals surface area contributed by atoms with E-state index in [9.17, 15) is 4.79 Å². The Morgan fingerprint density at radius 2 is 2.20 bits per heavy atom. The molecule has 0 fully saturated rings. The van der Waals surface area contributed by atoms with E-state index in [2.05, 4.69) is 21.0 Å². The molecule has 6 heteroatoms. The molecule has 1 heterocycles. The van der Waals surface area contributed by atoms with Crippen LogP contribution in [0.3, 0.4) is 0 Å². The number of carbonyl (C=O) groups excluding carboxylic acids is 1. The molecule has 0 aliphatic rings. The van der Waals surface area contributed by atoms with Gasteiger partial charge in [-0.1, -0.05) is 22.0 Å². The standard InChI is InChI=1S/C14H16BrN3O2/c1-4-20-14(19)12-11(16)13(18(3)17-12)10-7-9(15)6-5-8(10)2/h5-7H,4,16H2,1-3H3. The number of nitrogens with two attached hydrogens (primary N) is 1. The summed E-state index contributed by atoms with van der Waals surface area (Å²) in [4.78, 5) is 11.8. The third kappa shape index (κ3) is 2.56. The summed E-state index contributed by atoms with van der Waals surface area (Å²) in [5.41, 5.74) is 9.28. The lowest BCUT2D eigenvalue weighted by atomic mass is 10.0. The number of ether oxygens (including phenoxy) is 1. The van der Waals surface area contributed by atoms with Crippen molar-refractivity contribution in [2.75, 3.05) is 12.3 Å². The third-order valence-electron chi connectivity index (χ3n) is 3.01. The molecule has 5 nitrogen and oxygen atoms in total. The number of aromatic nitrogens is 2. The summed E-state index contributed by atoms with van der Waals surface area (Å²) in [5.74, 6) is -0.500. The first kappa shape index (κ1) is 14.6. The van der Waals surface area contributed by atoms with Crippen molar-refractivity contribution in [2.45, 2.75) is 13.8 Å². The Balaban J connectivity index is 2.58. The largest absolute Gasteiger partial charge is 0.461 e. The Bertz CT molecular complexity index is 665. The first-order valence-electron chi connectivity index (χ1n) is 6.21. The van der Waals surface area contributed by atoms with Gasteiger partial charge in [-0.15, -0.1) is 0 Å². The molecule has 106 valence electrons. The summed E-state index contributed by atoms with van der Waals surface area (Å²) < 4.78 is 7.51. The van der Waals surface area contributed by atoms with Crippen molar-refractivity contribution < 1.29 is 9.53 Å². The summed E-state index contributed by atoms with van der Waals surface area (Å²) >= 11 is 3.44. The highest BCUT2D eigenvalue weighted by Crippen LogP contribution is 2.32. The van der Waals surface area contributed by atoms with Crippen molar-refractivity contribution in [3.63, 3.8) is 0 Å². The fraction of sp³-hybridized carbons (Fsp3) is 0.286. The van der Waals surface area contributed by atoms with E-state index in [1.54, 1.807) is 18.7 Å². The number of halogens is 1. The molecule has 0 aliphatic heterocycles. The molecule has 2 rings (SSSR count). The number of benzene rings is 1. The Morgan fingerprint density at radius 3 is 2.85 bits per heavy atom. The van der Waals surface area contributed by atoms with Crippen molar-refractivity contribution in [2.24, 2.45) is 7.05 Å². The maximum Gasteiger partial charge on any atom is 0.361 e. The molecule has 1 aromatic carbocycles. The highest BCUT2D eigenvalue weighted by Gasteiger charge is 2.22. The number of carbonyl (C=O) groups is 1. The molecule has 0 aliphatic carbocycles. The van der Waals surface area contributed by atoms with Crippen LogP contribution in [0.15, 0.2) is 22.7 Å².